The topological polar surface area (TPSA) is 82.6 Å². The van der Waals surface area contributed by atoms with Gasteiger partial charge in [0.05, 0.1) is 6.26 Å². The van der Waals surface area contributed by atoms with Gasteiger partial charge in [-0.05, 0) is 43.9 Å². The molecule has 0 amide bonds. The van der Waals surface area contributed by atoms with Gasteiger partial charge in [-0.1, -0.05) is 20.3 Å². The van der Waals surface area contributed by atoms with E-state index < -0.39 is 10.0 Å². The highest BCUT2D eigenvalue weighted by molar-refractivity contribution is 7.88. The number of nitrogens with one attached hydrogen (secondary N) is 3. The molecular weight excluding hydrogens is 312 g/mol. The summed E-state index contributed by atoms with van der Waals surface area (Å²) in [6, 6.07) is 0. The predicted octanol–water partition coefficient (Wildman–Crippen LogP) is 1.70. The molecular formula is C16H34N4O2S. The van der Waals surface area contributed by atoms with Crippen molar-refractivity contribution >= 4 is 16.0 Å². The third-order valence-electron chi connectivity index (χ3n) is 4.18. The van der Waals surface area contributed by atoms with Crippen LogP contribution in [0.4, 0.5) is 0 Å². The molecule has 3 N–H and O–H groups in total. The van der Waals surface area contributed by atoms with Gasteiger partial charge in [-0.3, -0.25) is 4.99 Å². The fraction of sp³-hybridized carbons (Fsp3) is 0.938. The third kappa shape index (κ3) is 8.55. The molecule has 0 spiro atoms. The van der Waals surface area contributed by atoms with E-state index in [4.69, 9.17) is 4.99 Å². The largest absolute Gasteiger partial charge is 0.357 e. The Morgan fingerprint density at radius 3 is 2.39 bits per heavy atom. The van der Waals surface area contributed by atoms with Crippen molar-refractivity contribution in [2.24, 2.45) is 16.3 Å². The summed E-state index contributed by atoms with van der Waals surface area (Å²) in [5.41, 5.74) is 0.397. The van der Waals surface area contributed by atoms with Crippen LogP contribution in [0.2, 0.25) is 0 Å². The maximum atomic E-state index is 11.0. The lowest BCUT2D eigenvalue weighted by Gasteiger charge is -2.42. The highest BCUT2D eigenvalue weighted by atomic mass is 32.2. The SMILES string of the molecule is CCNC(=NCC1(CC(C)C)CCC1)NCCCNS(C)(=O)=O. The molecule has 0 aliphatic heterocycles. The van der Waals surface area contributed by atoms with Crippen LogP contribution in [-0.2, 0) is 10.0 Å². The fourth-order valence-corrected chi connectivity index (χ4v) is 3.63. The van der Waals surface area contributed by atoms with Crippen molar-refractivity contribution in [3.63, 3.8) is 0 Å². The van der Waals surface area contributed by atoms with Crippen LogP contribution in [0, 0.1) is 11.3 Å². The van der Waals surface area contributed by atoms with E-state index in [0.29, 0.717) is 24.4 Å². The van der Waals surface area contributed by atoms with E-state index in [1.807, 2.05) is 0 Å². The van der Waals surface area contributed by atoms with E-state index in [1.165, 1.54) is 31.9 Å². The first kappa shape index (κ1) is 20.2. The summed E-state index contributed by atoms with van der Waals surface area (Å²) in [5.74, 6) is 1.55. The molecule has 0 saturated heterocycles. The summed E-state index contributed by atoms with van der Waals surface area (Å²) in [5, 5.41) is 6.55. The quantitative estimate of drug-likeness (QED) is 0.319. The minimum absolute atomic E-state index is 0.397. The Morgan fingerprint density at radius 2 is 1.91 bits per heavy atom. The first-order valence-corrected chi connectivity index (χ1v) is 10.6. The average Bonchev–Trinajstić information content (AvgIpc) is 2.39. The third-order valence-corrected chi connectivity index (χ3v) is 4.91. The summed E-state index contributed by atoms with van der Waals surface area (Å²) in [6.07, 6.45) is 7.05. The van der Waals surface area contributed by atoms with E-state index in [2.05, 4.69) is 36.1 Å². The van der Waals surface area contributed by atoms with Gasteiger partial charge in [-0.2, -0.15) is 0 Å². The molecule has 1 aliphatic rings. The second-order valence-corrected chi connectivity index (χ2v) is 8.93. The van der Waals surface area contributed by atoms with Gasteiger partial charge in [0.2, 0.25) is 10.0 Å². The average molecular weight is 347 g/mol. The molecule has 1 aliphatic carbocycles. The number of nitrogens with zero attached hydrogens (tertiary/aromatic N) is 1. The monoisotopic (exact) mass is 346 g/mol. The maximum absolute atomic E-state index is 11.0. The smallest absolute Gasteiger partial charge is 0.208 e. The maximum Gasteiger partial charge on any atom is 0.208 e. The van der Waals surface area contributed by atoms with Crippen molar-refractivity contribution in [1.82, 2.24) is 15.4 Å². The number of aliphatic imine (C=N–C) groups is 1. The summed E-state index contributed by atoms with van der Waals surface area (Å²) in [4.78, 5) is 4.76. The van der Waals surface area contributed by atoms with Crippen LogP contribution in [0.15, 0.2) is 4.99 Å². The van der Waals surface area contributed by atoms with E-state index in [1.54, 1.807) is 0 Å². The van der Waals surface area contributed by atoms with E-state index in [0.717, 1.165) is 25.5 Å². The Balaban J connectivity index is 2.40. The van der Waals surface area contributed by atoms with Gasteiger partial charge in [0.25, 0.3) is 0 Å². The van der Waals surface area contributed by atoms with Gasteiger partial charge >= 0.3 is 0 Å². The Labute approximate surface area is 142 Å². The first-order chi connectivity index (χ1) is 10.8. The Hall–Kier alpha value is -0.820. The molecule has 7 heteroatoms. The zero-order chi connectivity index (χ0) is 17.3. The molecule has 1 fully saturated rings. The van der Waals surface area contributed by atoms with Crippen molar-refractivity contribution in [3.05, 3.63) is 0 Å². The molecule has 0 bridgehead atoms. The molecule has 0 aromatic rings. The number of hydrogen-bond acceptors (Lipinski definition) is 3. The molecule has 0 radical (unpaired) electrons. The van der Waals surface area contributed by atoms with Crippen molar-refractivity contribution in [3.8, 4) is 0 Å². The normalized spacial score (nSPS) is 17.9. The van der Waals surface area contributed by atoms with Gasteiger partial charge in [-0.15, -0.1) is 0 Å². The number of sulfonamides is 1. The number of rotatable bonds is 10. The molecule has 1 rings (SSSR count). The van der Waals surface area contributed by atoms with E-state index in [9.17, 15) is 8.42 Å². The zero-order valence-corrected chi connectivity index (χ0v) is 15.9. The lowest BCUT2D eigenvalue weighted by Crippen LogP contribution is -2.41. The van der Waals surface area contributed by atoms with Crippen molar-refractivity contribution in [2.45, 2.75) is 52.9 Å². The highest BCUT2D eigenvalue weighted by Gasteiger charge is 2.37. The van der Waals surface area contributed by atoms with Crippen LogP contribution in [0.3, 0.4) is 0 Å². The molecule has 23 heavy (non-hydrogen) atoms. The molecule has 0 aromatic heterocycles. The predicted molar refractivity (Wildman–Crippen MR) is 97.2 cm³/mol. The molecule has 6 nitrogen and oxygen atoms in total. The van der Waals surface area contributed by atoms with Crippen LogP contribution in [0.25, 0.3) is 0 Å². The molecule has 1 saturated carbocycles. The second kappa shape index (κ2) is 9.47. The van der Waals surface area contributed by atoms with Gasteiger partial charge < -0.3 is 10.6 Å². The molecule has 136 valence electrons. The number of guanidine groups is 1. The Kier molecular flexibility index (Phi) is 8.33. The first-order valence-electron chi connectivity index (χ1n) is 8.73. The van der Waals surface area contributed by atoms with Crippen molar-refractivity contribution in [2.75, 3.05) is 32.4 Å². The van der Waals surface area contributed by atoms with Crippen LogP contribution in [0.1, 0.15) is 52.9 Å². The second-order valence-electron chi connectivity index (χ2n) is 7.09. The summed E-state index contributed by atoms with van der Waals surface area (Å²) >= 11 is 0. The summed E-state index contributed by atoms with van der Waals surface area (Å²) in [7, 11) is -3.10. The van der Waals surface area contributed by atoms with Gasteiger partial charge in [0.15, 0.2) is 5.96 Å². The minimum Gasteiger partial charge on any atom is -0.357 e. The van der Waals surface area contributed by atoms with Crippen LogP contribution < -0.4 is 15.4 Å². The minimum atomic E-state index is -3.10. The van der Waals surface area contributed by atoms with Crippen LogP contribution >= 0.6 is 0 Å². The Bertz CT molecular complexity index is 470. The van der Waals surface area contributed by atoms with E-state index in [-0.39, 0.29) is 0 Å². The fourth-order valence-electron chi connectivity index (χ4n) is 3.11. The Morgan fingerprint density at radius 1 is 1.22 bits per heavy atom. The van der Waals surface area contributed by atoms with Crippen LogP contribution in [0.5, 0.6) is 0 Å². The van der Waals surface area contributed by atoms with Crippen molar-refractivity contribution < 1.29 is 8.42 Å². The van der Waals surface area contributed by atoms with Gasteiger partial charge in [0, 0.05) is 26.2 Å². The zero-order valence-electron chi connectivity index (χ0n) is 15.1. The van der Waals surface area contributed by atoms with E-state index >= 15 is 0 Å². The summed E-state index contributed by atoms with van der Waals surface area (Å²) in [6.45, 7) is 9.46. The number of hydrogen-bond donors (Lipinski definition) is 3. The molecule has 0 heterocycles. The highest BCUT2D eigenvalue weighted by Crippen LogP contribution is 2.46. The lowest BCUT2D eigenvalue weighted by atomic mass is 9.64. The summed E-state index contributed by atoms with van der Waals surface area (Å²) < 4.78 is 24.5. The van der Waals surface area contributed by atoms with Crippen molar-refractivity contribution in [1.29, 1.82) is 0 Å². The van der Waals surface area contributed by atoms with Crippen LogP contribution in [-0.4, -0.2) is 46.8 Å². The van der Waals surface area contributed by atoms with Gasteiger partial charge in [-0.25, -0.2) is 13.1 Å². The molecule has 0 atom stereocenters. The van der Waals surface area contributed by atoms with Gasteiger partial charge in [0.1, 0.15) is 0 Å². The molecule has 0 aromatic carbocycles. The molecule has 0 unspecified atom stereocenters. The standard InChI is InChI=1S/C16H34N4O2S/c1-5-17-15(18-10-7-11-20-23(4,21)22)19-13-16(8-6-9-16)12-14(2)3/h14,20H,5-13H2,1-4H3,(H2,17,18,19). The lowest BCUT2D eigenvalue weighted by molar-refractivity contribution is 0.111.